The number of nitriles is 1. The molecule has 0 saturated carbocycles. The van der Waals surface area contributed by atoms with E-state index in [0.29, 0.717) is 21.0 Å². The van der Waals surface area contributed by atoms with Gasteiger partial charge in [0.1, 0.15) is 10.3 Å². The van der Waals surface area contributed by atoms with Crippen LogP contribution in [0.1, 0.15) is 16.1 Å². The lowest BCUT2D eigenvalue weighted by Gasteiger charge is -2.11. The summed E-state index contributed by atoms with van der Waals surface area (Å²) < 4.78 is 23.9. The van der Waals surface area contributed by atoms with Gasteiger partial charge in [0.15, 0.2) is 9.92 Å². The second kappa shape index (κ2) is 5.12. The fourth-order valence-corrected chi connectivity index (χ4v) is 4.51. The summed E-state index contributed by atoms with van der Waals surface area (Å²) in [5.74, 6) is 0. The molecule has 3 rings (SSSR count). The quantitative estimate of drug-likeness (QED) is 0.683. The molecule has 1 unspecified atom stereocenters. The van der Waals surface area contributed by atoms with E-state index in [0.717, 1.165) is 16.0 Å². The number of aryl methyl sites for hydroxylation is 2. The van der Waals surface area contributed by atoms with Gasteiger partial charge in [0.2, 0.25) is 0 Å². The predicted octanol–water partition coefficient (Wildman–Crippen LogP) is 3.55. The molecule has 3 N–H and O–H groups in total. The highest BCUT2D eigenvalue weighted by Crippen LogP contribution is 2.30. The van der Waals surface area contributed by atoms with Crippen molar-refractivity contribution in [3.63, 3.8) is 0 Å². The molecule has 0 saturated heterocycles. The highest BCUT2D eigenvalue weighted by atomic mass is 32.2. The summed E-state index contributed by atoms with van der Waals surface area (Å²) in [7, 11) is -3.19. The first-order valence-electron chi connectivity index (χ1n) is 6.42. The highest BCUT2D eigenvalue weighted by molar-refractivity contribution is 7.95. The number of rotatable bonds is 3. The van der Waals surface area contributed by atoms with Crippen molar-refractivity contribution in [2.75, 3.05) is 4.72 Å². The van der Waals surface area contributed by atoms with Gasteiger partial charge in [-0.1, -0.05) is 6.07 Å². The van der Waals surface area contributed by atoms with Crippen LogP contribution in [0.3, 0.4) is 0 Å². The molecular formula is C14H13N5OS2. The minimum Gasteiger partial charge on any atom is -0.358 e. The van der Waals surface area contributed by atoms with Crippen LogP contribution in [0.2, 0.25) is 0 Å². The standard InChI is InChI=1S/C14H13N5OS2/c1-8-3-4-11(14-13(8)10(5-15)6-18-14)19-22(16,20)12-7-17-9(2)21-12/h3-4,6-7,18H,1-2H3,(H2,16,19,20). The number of hydrogen-bond acceptors (Lipinski definition) is 5. The summed E-state index contributed by atoms with van der Waals surface area (Å²) in [6.07, 6.45) is 3.08. The molecule has 22 heavy (non-hydrogen) atoms. The van der Waals surface area contributed by atoms with Crippen LogP contribution in [0.4, 0.5) is 5.69 Å². The summed E-state index contributed by atoms with van der Waals surface area (Å²) in [5, 5.41) is 10.7. The van der Waals surface area contributed by atoms with E-state index in [9.17, 15) is 4.21 Å². The fraction of sp³-hybridized carbons (Fsp3) is 0.143. The molecule has 0 radical (unpaired) electrons. The number of fused-ring (bicyclic) bond motifs is 1. The van der Waals surface area contributed by atoms with Gasteiger partial charge < -0.3 is 4.98 Å². The molecule has 0 bridgehead atoms. The van der Waals surface area contributed by atoms with Crippen LogP contribution in [-0.4, -0.2) is 14.2 Å². The zero-order valence-corrected chi connectivity index (χ0v) is 13.6. The van der Waals surface area contributed by atoms with Crippen molar-refractivity contribution in [2.45, 2.75) is 18.1 Å². The summed E-state index contributed by atoms with van der Waals surface area (Å²) >= 11 is 1.23. The molecule has 0 aliphatic carbocycles. The largest absolute Gasteiger partial charge is 0.358 e. The lowest BCUT2D eigenvalue weighted by molar-refractivity contribution is 0.679. The summed E-state index contributed by atoms with van der Waals surface area (Å²) in [4.78, 5) is 7.07. The Bertz CT molecular complexity index is 1010. The predicted molar refractivity (Wildman–Crippen MR) is 87.4 cm³/mol. The van der Waals surface area contributed by atoms with Crippen LogP contribution in [0.15, 0.2) is 28.7 Å². The van der Waals surface area contributed by atoms with E-state index in [1.165, 1.54) is 17.5 Å². The fourth-order valence-electron chi connectivity index (χ4n) is 2.27. The van der Waals surface area contributed by atoms with Crippen molar-refractivity contribution >= 4 is 37.8 Å². The summed E-state index contributed by atoms with van der Waals surface area (Å²) in [6, 6.07) is 5.73. The number of benzene rings is 1. The molecule has 0 fully saturated rings. The minimum atomic E-state index is -3.19. The monoisotopic (exact) mass is 331 g/mol. The van der Waals surface area contributed by atoms with Crippen LogP contribution >= 0.6 is 11.3 Å². The van der Waals surface area contributed by atoms with Crippen molar-refractivity contribution in [1.29, 1.82) is 10.0 Å². The van der Waals surface area contributed by atoms with Gasteiger partial charge in [-0.2, -0.15) is 5.26 Å². The topological polar surface area (TPSA) is 105 Å². The third kappa shape index (κ3) is 2.34. The molecule has 2 heterocycles. The number of H-pyrrole nitrogens is 1. The number of nitrogens with zero attached hydrogens (tertiary/aromatic N) is 2. The first kappa shape index (κ1) is 14.6. The second-order valence-corrected chi connectivity index (χ2v) is 8.10. The van der Waals surface area contributed by atoms with Crippen LogP contribution < -0.4 is 4.72 Å². The number of anilines is 1. The zero-order chi connectivity index (χ0) is 15.9. The number of hydrogen-bond donors (Lipinski definition) is 3. The average Bonchev–Trinajstić information content (AvgIpc) is 3.08. The van der Waals surface area contributed by atoms with E-state index in [-0.39, 0.29) is 0 Å². The Kier molecular flexibility index (Phi) is 3.39. The second-order valence-electron chi connectivity index (χ2n) is 4.85. The molecule has 112 valence electrons. The van der Waals surface area contributed by atoms with Gasteiger partial charge in [0, 0.05) is 11.6 Å². The maximum Gasteiger partial charge on any atom is 0.167 e. The first-order chi connectivity index (χ1) is 10.4. The van der Waals surface area contributed by atoms with E-state index < -0.39 is 9.92 Å². The van der Waals surface area contributed by atoms with Crippen molar-refractivity contribution in [3.8, 4) is 6.07 Å². The highest BCUT2D eigenvalue weighted by Gasteiger charge is 2.17. The van der Waals surface area contributed by atoms with Crippen LogP contribution in [0.5, 0.6) is 0 Å². The van der Waals surface area contributed by atoms with Crippen LogP contribution in [0, 0.1) is 30.0 Å². The molecule has 1 atom stereocenters. The third-order valence-corrected chi connectivity index (χ3v) is 6.14. The molecule has 0 spiro atoms. The van der Waals surface area contributed by atoms with E-state index in [1.54, 1.807) is 19.2 Å². The molecule has 0 amide bonds. The van der Waals surface area contributed by atoms with Gasteiger partial charge in [-0.15, -0.1) is 11.3 Å². The van der Waals surface area contributed by atoms with E-state index >= 15 is 0 Å². The van der Waals surface area contributed by atoms with E-state index in [2.05, 4.69) is 20.8 Å². The zero-order valence-electron chi connectivity index (χ0n) is 11.9. The molecule has 0 aliphatic heterocycles. The van der Waals surface area contributed by atoms with Crippen molar-refractivity contribution in [2.24, 2.45) is 0 Å². The number of thiazole rings is 1. The molecule has 2 aromatic heterocycles. The summed E-state index contributed by atoms with van der Waals surface area (Å²) in [6.45, 7) is 3.71. The third-order valence-electron chi connectivity index (χ3n) is 3.30. The van der Waals surface area contributed by atoms with Crippen LogP contribution in [0.25, 0.3) is 10.9 Å². The molecule has 3 aromatic rings. The Morgan fingerprint density at radius 3 is 2.86 bits per heavy atom. The van der Waals surface area contributed by atoms with E-state index in [1.807, 2.05) is 13.0 Å². The Morgan fingerprint density at radius 1 is 1.45 bits per heavy atom. The van der Waals surface area contributed by atoms with Gasteiger partial charge in [-0.25, -0.2) is 14.0 Å². The van der Waals surface area contributed by atoms with Gasteiger partial charge in [0.05, 0.1) is 28.0 Å². The normalized spacial score (nSPS) is 13.7. The van der Waals surface area contributed by atoms with Gasteiger partial charge in [-0.3, -0.25) is 4.72 Å². The Labute approximate surface area is 131 Å². The molecular weight excluding hydrogens is 318 g/mol. The molecule has 1 aromatic carbocycles. The minimum absolute atomic E-state index is 0.380. The SMILES string of the molecule is Cc1ncc(S(=N)(=O)Nc2ccc(C)c3c(C#N)c[nH]c23)s1. The van der Waals surface area contributed by atoms with Gasteiger partial charge in [0.25, 0.3) is 0 Å². The Hall–Kier alpha value is -2.37. The Morgan fingerprint density at radius 2 is 2.23 bits per heavy atom. The van der Waals surface area contributed by atoms with Crippen LogP contribution in [-0.2, 0) is 9.92 Å². The maximum absolute atomic E-state index is 12.6. The lowest BCUT2D eigenvalue weighted by Crippen LogP contribution is -2.10. The van der Waals surface area contributed by atoms with Crippen molar-refractivity contribution < 1.29 is 4.21 Å². The maximum atomic E-state index is 12.6. The van der Waals surface area contributed by atoms with Crippen molar-refractivity contribution in [1.82, 2.24) is 9.97 Å². The first-order valence-corrected chi connectivity index (χ1v) is 8.79. The Balaban J connectivity index is 2.11. The number of aromatic nitrogens is 2. The number of nitrogens with one attached hydrogen (secondary N) is 3. The lowest BCUT2D eigenvalue weighted by atomic mass is 10.1. The summed E-state index contributed by atoms with van der Waals surface area (Å²) in [5.41, 5.74) is 2.69. The smallest absolute Gasteiger partial charge is 0.167 e. The molecule has 0 aliphatic rings. The van der Waals surface area contributed by atoms with E-state index in [4.69, 9.17) is 10.0 Å². The van der Waals surface area contributed by atoms with Crippen molar-refractivity contribution in [3.05, 3.63) is 40.7 Å². The molecule has 8 heteroatoms. The van der Waals surface area contributed by atoms with Gasteiger partial charge >= 0.3 is 0 Å². The van der Waals surface area contributed by atoms with Gasteiger partial charge in [-0.05, 0) is 25.5 Å². The number of aromatic amines is 1. The average molecular weight is 331 g/mol. The molecule has 6 nitrogen and oxygen atoms in total.